The molecule has 1 aromatic heterocycles. The van der Waals surface area contributed by atoms with Crippen molar-refractivity contribution < 1.29 is 4.79 Å². The van der Waals surface area contributed by atoms with Crippen LogP contribution in [0.5, 0.6) is 0 Å². The molecule has 0 atom stereocenters. The first-order valence-electron chi connectivity index (χ1n) is 9.19. The molecule has 0 radical (unpaired) electrons. The smallest absolute Gasteiger partial charge is 0.351 e. The van der Waals surface area contributed by atoms with Gasteiger partial charge in [-0.15, -0.1) is 5.10 Å². The number of amides is 1. The molecular formula is C21H22N4O2. The van der Waals surface area contributed by atoms with E-state index in [-0.39, 0.29) is 24.2 Å². The number of hydrogen-bond acceptors (Lipinski definition) is 3. The Hall–Kier alpha value is -3.15. The number of nitrogens with one attached hydrogen (secondary N) is 1. The Kier molecular flexibility index (Phi) is 4.62. The molecule has 1 aliphatic carbocycles. The summed E-state index contributed by atoms with van der Waals surface area (Å²) in [5.41, 5.74) is 2.50. The third-order valence-electron chi connectivity index (χ3n) is 4.63. The number of rotatable bonds is 6. The topological polar surface area (TPSA) is 68.9 Å². The molecule has 4 rings (SSSR count). The molecule has 1 N–H and O–H groups in total. The van der Waals surface area contributed by atoms with Crippen molar-refractivity contribution in [3.63, 3.8) is 0 Å². The van der Waals surface area contributed by atoms with Crippen molar-refractivity contribution in [1.29, 1.82) is 0 Å². The summed E-state index contributed by atoms with van der Waals surface area (Å²) in [4.78, 5) is 25.3. The van der Waals surface area contributed by atoms with Crippen LogP contribution in [0.25, 0.3) is 5.69 Å². The Morgan fingerprint density at radius 1 is 1.15 bits per heavy atom. The average molecular weight is 362 g/mol. The maximum Gasteiger partial charge on any atom is 0.351 e. The van der Waals surface area contributed by atoms with Crippen LogP contribution in [0.15, 0.2) is 59.4 Å². The van der Waals surface area contributed by atoms with Crippen LogP contribution < -0.4 is 11.0 Å². The lowest BCUT2D eigenvalue weighted by Gasteiger charge is -2.06. The van der Waals surface area contributed by atoms with E-state index in [0.29, 0.717) is 17.9 Å². The van der Waals surface area contributed by atoms with Gasteiger partial charge < -0.3 is 5.32 Å². The molecule has 1 aliphatic rings. The molecule has 6 nitrogen and oxygen atoms in total. The molecule has 3 aromatic rings. The first-order valence-corrected chi connectivity index (χ1v) is 9.19. The second kappa shape index (κ2) is 7.23. The Balaban J connectivity index is 1.71. The number of hydrogen-bond donors (Lipinski definition) is 1. The van der Waals surface area contributed by atoms with Gasteiger partial charge in [-0.1, -0.05) is 42.5 Å². The van der Waals surface area contributed by atoms with Gasteiger partial charge in [0, 0.05) is 12.5 Å². The Labute approximate surface area is 157 Å². The van der Waals surface area contributed by atoms with E-state index >= 15 is 0 Å². The monoisotopic (exact) mass is 362 g/mol. The largest absolute Gasteiger partial charge is 0.352 e. The second-order valence-electron chi connectivity index (χ2n) is 7.04. The zero-order valence-electron chi connectivity index (χ0n) is 15.3. The highest BCUT2D eigenvalue weighted by Gasteiger charge is 2.24. The van der Waals surface area contributed by atoms with Crippen LogP contribution >= 0.6 is 0 Å². The molecule has 0 bridgehead atoms. The minimum atomic E-state index is -0.294. The second-order valence-corrected chi connectivity index (χ2v) is 7.04. The van der Waals surface area contributed by atoms with Crippen molar-refractivity contribution in [3.05, 3.63) is 82.0 Å². The Morgan fingerprint density at radius 3 is 2.63 bits per heavy atom. The highest BCUT2D eigenvalue weighted by atomic mass is 16.2. The van der Waals surface area contributed by atoms with Gasteiger partial charge in [0.15, 0.2) is 0 Å². The standard InChI is InChI=1S/C21H22N4O2/c1-15-6-5-9-18(12-15)25-21(27)24(14-20(26)22-17-10-11-17)19(23-25)13-16-7-3-2-4-8-16/h2-9,12,17H,10-11,13-14H2,1H3,(H,22,26). The van der Waals surface area contributed by atoms with Crippen molar-refractivity contribution in [3.8, 4) is 5.69 Å². The molecule has 0 aliphatic heterocycles. The molecule has 27 heavy (non-hydrogen) atoms. The number of aromatic nitrogens is 3. The van der Waals surface area contributed by atoms with Crippen molar-refractivity contribution in [1.82, 2.24) is 19.7 Å². The molecule has 1 heterocycles. The molecular weight excluding hydrogens is 340 g/mol. The molecule has 1 saturated carbocycles. The lowest BCUT2D eigenvalue weighted by molar-refractivity contribution is -0.121. The number of carbonyl (C=O) groups excluding carboxylic acids is 1. The van der Waals surface area contributed by atoms with Gasteiger partial charge in [-0.05, 0) is 43.0 Å². The van der Waals surface area contributed by atoms with Gasteiger partial charge in [0.2, 0.25) is 5.91 Å². The average Bonchev–Trinajstić information content (AvgIpc) is 3.42. The van der Waals surface area contributed by atoms with Gasteiger partial charge in [0.05, 0.1) is 5.69 Å². The number of carbonyl (C=O) groups is 1. The quantitative estimate of drug-likeness (QED) is 0.731. The highest BCUT2D eigenvalue weighted by Crippen LogP contribution is 2.18. The van der Waals surface area contributed by atoms with Gasteiger partial charge in [0.1, 0.15) is 12.4 Å². The Morgan fingerprint density at radius 2 is 1.93 bits per heavy atom. The van der Waals surface area contributed by atoms with Crippen LogP contribution in [0.4, 0.5) is 0 Å². The highest BCUT2D eigenvalue weighted by molar-refractivity contribution is 5.76. The van der Waals surface area contributed by atoms with Gasteiger partial charge >= 0.3 is 5.69 Å². The summed E-state index contributed by atoms with van der Waals surface area (Å²) in [5.74, 6) is 0.441. The molecule has 0 unspecified atom stereocenters. The third-order valence-corrected chi connectivity index (χ3v) is 4.63. The van der Waals surface area contributed by atoms with E-state index in [1.54, 1.807) is 0 Å². The molecule has 0 spiro atoms. The summed E-state index contributed by atoms with van der Waals surface area (Å²) in [6.07, 6.45) is 2.52. The van der Waals surface area contributed by atoms with Crippen LogP contribution in [0.3, 0.4) is 0 Å². The fraction of sp³-hybridized carbons (Fsp3) is 0.286. The maximum absolute atomic E-state index is 13.0. The van der Waals surface area contributed by atoms with E-state index in [1.807, 2.05) is 61.5 Å². The zero-order chi connectivity index (χ0) is 18.8. The van der Waals surface area contributed by atoms with Crippen LogP contribution in [-0.4, -0.2) is 26.3 Å². The predicted octanol–water partition coefficient (Wildman–Crippen LogP) is 2.21. The number of nitrogens with zero attached hydrogens (tertiary/aromatic N) is 3. The summed E-state index contributed by atoms with van der Waals surface area (Å²) >= 11 is 0. The van der Waals surface area contributed by atoms with Crippen LogP contribution in [0, 0.1) is 6.92 Å². The summed E-state index contributed by atoms with van der Waals surface area (Å²) < 4.78 is 2.86. The van der Waals surface area contributed by atoms with E-state index in [0.717, 1.165) is 24.0 Å². The Bertz CT molecular complexity index is 1020. The van der Waals surface area contributed by atoms with Gasteiger partial charge in [-0.2, -0.15) is 4.68 Å². The van der Waals surface area contributed by atoms with E-state index in [2.05, 4.69) is 10.4 Å². The van der Waals surface area contributed by atoms with Crippen LogP contribution in [0.1, 0.15) is 29.8 Å². The van der Waals surface area contributed by atoms with Crippen molar-refractivity contribution >= 4 is 5.91 Å². The van der Waals surface area contributed by atoms with Gasteiger partial charge in [0.25, 0.3) is 0 Å². The van der Waals surface area contributed by atoms with Crippen molar-refractivity contribution in [2.75, 3.05) is 0 Å². The normalized spacial score (nSPS) is 13.5. The minimum absolute atomic E-state index is 0.0106. The third kappa shape index (κ3) is 4.00. The van der Waals surface area contributed by atoms with Crippen molar-refractivity contribution in [2.24, 2.45) is 0 Å². The summed E-state index contributed by atoms with van der Waals surface area (Å²) in [6, 6.07) is 17.7. The first kappa shape index (κ1) is 17.3. The maximum atomic E-state index is 13.0. The van der Waals surface area contributed by atoms with Crippen LogP contribution in [0.2, 0.25) is 0 Å². The number of benzene rings is 2. The SMILES string of the molecule is Cc1cccc(-n2nc(Cc3ccccc3)n(CC(=O)NC3CC3)c2=O)c1. The molecule has 1 fully saturated rings. The van der Waals surface area contributed by atoms with Gasteiger partial charge in [-0.3, -0.25) is 9.36 Å². The lowest BCUT2D eigenvalue weighted by Crippen LogP contribution is -2.34. The molecule has 138 valence electrons. The van der Waals surface area contributed by atoms with E-state index in [1.165, 1.54) is 9.25 Å². The minimum Gasteiger partial charge on any atom is -0.352 e. The summed E-state index contributed by atoms with van der Waals surface area (Å²) in [6.45, 7) is 1.96. The van der Waals surface area contributed by atoms with Gasteiger partial charge in [-0.25, -0.2) is 4.79 Å². The first-order chi connectivity index (χ1) is 13.1. The molecule has 2 aromatic carbocycles. The molecule has 1 amide bonds. The predicted molar refractivity (Wildman–Crippen MR) is 103 cm³/mol. The molecule has 6 heteroatoms. The zero-order valence-corrected chi connectivity index (χ0v) is 15.3. The lowest BCUT2D eigenvalue weighted by atomic mass is 10.1. The van der Waals surface area contributed by atoms with E-state index < -0.39 is 0 Å². The summed E-state index contributed by atoms with van der Waals surface area (Å²) in [5, 5.41) is 7.49. The summed E-state index contributed by atoms with van der Waals surface area (Å²) in [7, 11) is 0. The van der Waals surface area contributed by atoms with Crippen LogP contribution in [-0.2, 0) is 17.8 Å². The fourth-order valence-electron chi connectivity index (χ4n) is 3.08. The van der Waals surface area contributed by atoms with E-state index in [4.69, 9.17) is 0 Å². The van der Waals surface area contributed by atoms with Crippen molar-refractivity contribution in [2.45, 2.75) is 38.8 Å². The number of aryl methyl sites for hydroxylation is 1. The van der Waals surface area contributed by atoms with E-state index in [9.17, 15) is 9.59 Å². The fourth-order valence-corrected chi connectivity index (χ4v) is 3.08. The molecule has 0 saturated heterocycles.